The predicted octanol–water partition coefficient (Wildman–Crippen LogP) is 4.93. The third-order valence-corrected chi connectivity index (χ3v) is 6.03. The van der Waals surface area contributed by atoms with Gasteiger partial charge >= 0.3 is 5.97 Å². The molecule has 1 fully saturated rings. The molecule has 1 N–H and O–H groups in total. The van der Waals surface area contributed by atoms with Gasteiger partial charge in [0, 0.05) is 11.3 Å². The van der Waals surface area contributed by atoms with Gasteiger partial charge in [-0.25, -0.2) is 9.37 Å². The molecule has 1 aliphatic carbocycles. The number of thioether (sulfide) groups is 1. The minimum Gasteiger partial charge on any atom is -0.423 e. The summed E-state index contributed by atoms with van der Waals surface area (Å²) in [6, 6.07) is 3.20. The van der Waals surface area contributed by atoms with E-state index >= 15 is 0 Å². The van der Waals surface area contributed by atoms with Crippen LogP contribution in [-0.2, 0) is 17.6 Å². The zero-order valence-corrected chi connectivity index (χ0v) is 16.4. The van der Waals surface area contributed by atoms with Crippen molar-refractivity contribution in [3.05, 3.63) is 34.5 Å². The number of fused-ring (bicyclic) bond motifs is 1. The Morgan fingerprint density at radius 3 is 2.96 bits per heavy atom. The lowest BCUT2D eigenvalue weighted by molar-refractivity contribution is -0.136. The number of carbonyl (C=O) groups is 1. The van der Waals surface area contributed by atoms with Crippen molar-refractivity contribution in [2.24, 2.45) is 5.92 Å². The molecular formula is C19H19ClFN3O2S. The first kappa shape index (κ1) is 18.5. The number of esters is 1. The molecule has 0 amide bonds. The number of nitrogens with one attached hydrogen (secondary N) is 1. The van der Waals surface area contributed by atoms with Gasteiger partial charge in [0.15, 0.2) is 11.6 Å². The number of anilines is 2. The molecule has 27 heavy (non-hydrogen) atoms. The van der Waals surface area contributed by atoms with Crippen molar-refractivity contribution < 1.29 is 13.9 Å². The largest absolute Gasteiger partial charge is 0.423 e. The van der Waals surface area contributed by atoms with E-state index in [2.05, 4.69) is 15.3 Å². The Labute approximate surface area is 166 Å². The Morgan fingerprint density at radius 2 is 2.22 bits per heavy atom. The van der Waals surface area contributed by atoms with Crippen LogP contribution in [-0.4, -0.2) is 21.7 Å². The van der Waals surface area contributed by atoms with E-state index in [1.54, 1.807) is 17.8 Å². The van der Waals surface area contributed by atoms with Gasteiger partial charge in [0.25, 0.3) is 0 Å². The van der Waals surface area contributed by atoms with Crippen LogP contribution in [0, 0.1) is 11.7 Å². The standard InChI is InChI=1S/C19H19ClFN3O2S/c1-2-11-12(7-8-14(15(11)21)26-18(25)10-5-6-10)22-17-16-13(4-3-9-27-16)23-19(20)24-17/h7-8,10H,2-6,9H2,1H3,(H,22,23,24). The fourth-order valence-corrected chi connectivity index (χ4v) is 4.29. The van der Waals surface area contributed by atoms with Gasteiger partial charge in [0.1, 0.15) is 5.82 Å². The molecule has 1 saturated carbocycles. The molecule has 1 aliphatic heterocycles. The number of ether oxygens (including phenoxy) is 1. The fraction of sp³-hybridized carbons (Fsp3) is 0.421. The summed E-state index contributed by atoms with van der Waals surface area (Å²) in [5.41, 5.74) is 1.95. The third-order valence-electron chi connectivity index (χ3n) is 4.65. The first-order valence-corrected chi connectivity index (χ1v) is 10.4. The summed E-state index contributed by atoms with van der Waals surface area (Å²) < 4.78 is 20.2. The molecule has 5 nitrogen and oxygen atoms in total. The van der Waals surface area contributed by atoms with Crippen molar-refractivity contribution >= 4 is 40.8 Å². The van der Waals surface area contributed by atoms with E-state index in [4.69, 9.17) is 16.3 Å². The topological polar surface area (TPSA) is 64.1 Å². The summed E-state index contributed by atoms with van der Waals surface area (Å²) in [5.74, 6) is 0.595. The van der Waals surface area contributed by atoms with E-state index in [-0.39, 0.29) is 22.9 Å². The third kappa shape index (κ3) is 3.89. The zero-order chi connectivity index (χ0) is 19.0. The lowest BCUT2D eigenvalue weighted by Gasteiger charge is -2.20. The second-order valence-corrected chi connectivity index (χ2v) is 8.09. The molecule has 1 aromatic heterocycles. The van der Waals surface area contributed by atoms with Crippen LogP contribution in [0.5, 0.6) is 5.75 Å². The highest BCUT2D eigenvalue weighted by molar-refractivity contribution is 7.99. The first-order valence-electron chi connectivity index (χ1n) is 9.06. The number of hydrogen-bond acceptors (Lipinski definition) is 6. The summed E-state index contributed by atoms with van der Waals surface area (Å²) in [6.45, 7) is 1.85. The van der Waals surface area contributed by atoms with Gasteiger partial charge in [-0.1, -0.05) is 6.92 Å². The van der Waals surface area contributed by atoms with Crippen LogP contribution in [0.25, 0.3) is 0 Å². The predicted molar refractivity (Wildman–Crippen MR) is 104 cm³/mol. The van der Waals surface area contributed by atoms with Gasteiger partial charge < -0.3 is 10.1 Å². The molecule has 4 rings (SSSR count). The van der Waals surface area contributed by atoms with Crippen LogP contribution in [0.4, 0.5) is 15.9 Å². The smallest absolute Gasteiger partial charge is 0.314 e. The number of aryl methyl sites for hydroxylation is 1. The van der Waals surface area contributed by atoms with Crippen molar-refractivity contribution in [2.45, 2.75) is 43.9 Å². The van der Waals surface area contributed by atoms with Crippen LogP contribution in [0.3, 0.4) is 0 Å². The van der Waals surface area contributed by atoms with E-state index in [0.717, 1.165) is 42.0 Å². The zero-order valence-electron chi connectivity index (χ0n) is 14.8. The van der Waals surface area contributed by atoms with Crippen LogP contribution in [0.15, 0.2) is 17.0 Å². The molecule has 0 spiro atoms. The van der Waals surface area contributed by atoms with Crippen molar-refractivity contribution in [1.29, 1.82) is 0 Å². The van der Waals surface area contributed by atoms with Crippen molar-refractivity contribution in [1.82, 2.24) is 9.97 Å². The number of hydrogen-bond donors (Lipinski definition) is 1. The SMILES string of the molecule is CCc1c(Nc2nc(Cl)nc3c2SCCC3)ccc(OC(=O)C2CC2)c1F. The monoisotopic (exact) mass is 407 g/mol. The Morgan fingerprint density at radius 1 is 1.41 bits per heavy atom. The Hall–Kier alpha value is -1.86. The number of benzene rings is 1. The van der Waals surface area contributed by atoms with E-state index in [1.165, 1.54) is 6.07 Å². The van der Waals surface area contributed by atoms with Crippen LogP contribution >= 0.6 is 23.4 Å². The molecule has 0 bridgehead atoms. The highest BCUT2D eigenvalue weighted by Crippen LogP contribution is 2.38. The minimum atomic E-state index is -0.516. The van der Waals surface area contributed by atoms with E-state index < -0.39 is 5.82 Å². The molecule has 0 atom stereocenters. The van der Waals surface area contributed by atoms with E-state index in [0.29, 0.717) is 23.5 Å². The number of aromatic nitrogens is 2. The Balaban J connectivity index is 1.65. The molecule has 142 valence electrons. The second-order valence-electron chi connectivity index (χ2n) is 6.65. The van der Waals surface area contributed by atoms with Crippen molar-refractivity contribution in [3.63, 3.8) is 0 Å². The number of rotatable bonds is 5. The maximum Gasteiger partial charge on any atom is 0.314 e. The van der Waals surface area contributed by atoms with Gasteiger partial charge in [-0.05, 0) is 61.6 Å². The van der Waals surface area contributed by atoms with E-state index in [9.17, 15) is 9.18 Å². The molecule has 1 aromatic carbocycles. The van der Waals surface area contributed by atoms with Crippen LogP contribution in [0.1, 0.15) is 37.4 Å². The Kier molecular flexibility index (Phi) is 5.23. The van der Waals surface area contributed by atoms with Gasteiger partial charge in [-0.2, -0.15) is 4.98 Å². The van der Waals surface area contributed by atoms with Gasteiger partial charge in [-0.3, -0.25) is 4.79 Å². The molecular weight excluding hydrogens is 389 g/mol. The van der Waals surface area contributed by atoms with Crippen LogP contribution in [0.2, 0.25) is 5.28 Å². The Bertz CT molecular complexity index is 905. The average molecular weight is 408 g/mol. The molecule has 2 aliphatic rings. The van der Waals surface area contributed by atoms with Crippen molar-refractivity contribution in [3.8, 4) is 5.75 Å². The summed E-state index contributed by atoms with van der Waals surface area (Å²) in [7, 11) is 0. The maximum absolute atomic E-state index is 14.9. The molecule has 0 radical (unpaired) electrons. The van der Waals surface area contributed by atoms with Crippen LogP contribution < -0.4 is 10.1 Å². The fourth-order valence-electron chi connectivity index (χ4n) is 3.07. The van der Waals surface area contributed by atoms with E-state index in [1.807, 2.05) is 6.92 Å². The second kappa shape index (κ2) is 7.64. The normalized spacial score (nSPS) is 16.0. The maximum atomic E-state index is 14.9. The minimum absolute atomic E-state index is 0.0218. The molecule has 2 aromatic rings. The summed E-state index contributed by atoms with van der Waals surface area (Å²) in [6.07, 6.45) is 3.97. The molecule has 8 heteroatoms. The summed E-state index contributed by atoms with van der Waals surface area (Å²) >= 11 is 7.74. The lowest BCUT2D eigenvalue weighted by Crippen LogP contribution is -2.12. The quantitative estimate of drug-likeness (QED) is 0.430. The van der Waals surface area contributed by atoms with Gasteiger partial charge in [0.05, 0.1) is 16.5 Å². The number of carbonyl (C=O) groups excluding carboxylic acids is 1. The first-order chi connectivity index (χ1) is 13.1. The molecule has 2 heterocycles. The van der Waals surface area contributed by atoms with Gasteiger partial charge in [-0.15, -0.1) is 11.8 Å². The number of nitrogens with zero attached hydrogens (tertiary/aromatic N) is 2. The van der Waals surface area contributed by atoms with Crippen molar-refractivity contribution in [2.75, 3.05) is 11.1 Å². The van der Waals surface area contributed by atoms with Gasteiger partial charge in [0.2, 0.25) is 5.28 Å². The lowest BCUT2D eigenvalue weighted by atomic mass is 10.1. The average Bonchev–Trinajstić information content (AvgIpc) is 3.49. The summed E-state index contributed by atoms with van der Waals surface area (Å²) in [5, 5.41) is 3.39. The highest BCUT2D eigenvalue weighted by Gasteiger charge is 2.32. The molecule has 0 unspecified atom stereocenters. The highest BCUT2D eigenvalue weighted by atomic mass is 35.5. The summed E-state index contributed by atoms with van der Waals surface area (Å²) in [4.78, 5) is 21.4. The number of halogens is 2. The molecule has 0 saturated heterocycles.